The molecule has 1 unspecified atom stereocenters. The summed E-state index contributed by atoms with van der Waals surface area (Å²) in [4.78, 5) is 4.36. The van der Waals surface area contributed by atoms with E-state index in [1.807, 2.05) is 12.4 Å². The molecule has 0 fully saturated rings. The highest BCUT2D eigenvalue weighted by Crippen LogP contribution is 2.12. The van der Waals surface area contributed by atoms with Gasteiger partial charge in [-0.05, 0) is 31.0 Å². The molecule has 2 rings (SSSR count). The third kappa shape index (κ3) is 3.43. The summed E-state index contributed by atoms with van der Waals surface area (Å²) in [5, 5.41) is 0. The summed E-state index contributed by atoms with van der Waals surface area (Å²) >= 11 is 3.43. The molecule has 0 aliphatic rings. The SMILES string of the molecule is CCn1ccnc1CC(N)Cc1ccc(Br)cc1. The Morgan fingerprint density at radius 2 is 2.00 bits per heavy atom. The number of aromatic nitrogens is 2. The molecule has 1 heterocycles. The van der Waals surface area contributed by atoms with Crippen LogP contribution in [0.3, 0.4) is 0 Å². The number of nitrogens with two attached hydrogens (primary N) is 1. The van der Waals surface area contributed by atoms with Crippen molar-refractivity contribution in [1.29, 1.82) is 0 Å². The zero-order valence-corrected chi connectivity index (χ0v) is 12.1. The second kappa shape index (κ2) is 6.16. The summed E-state index contributed by atoms with van der Waals surface area (Å²) in [5.74, 6) is 1.07. The quantitative estimate of drug-likeness (QED) is 0.923. The fourth-order valence-electron chi connectivity index (χ4n) is 2.05. The van der Waals surface area contributed by atoms with Crippen LogP contribution in [0.15, 0.2) is 41.1 Å². The van der Waals surface area contributed by atoms with Crippen LogP contribution in [0.2, 0.25) is 0 Å². The van der Waals surface area contributed by atoms with Gasteiger partial charge in [0.15, 0.2) is 0 Å². The Bertz CT molecular complexity index is 490. The van der Waals surface area contributed by atoms with Gasteiger partial charge in [-0.3, -0.25) is 0 Å². The zero-order chi connectivity index (χ0) is 13.0. The van der Waals surface area contributed by atoms with Crippen LogP contribution in [-0.4, -0.2) is 15.6 Å². The van der Waals surface area contributed by atoms with Crippen LogP contribution < -0.4 is 5.73 Å². The largest absolute Gasteiger partial charge is 0.335 e. The van der Waals surface area contributed by atoms with Crippen molar-refractivity contribution in [2.75, 3.05) is 0 Å². The number of hydrogen-bond acceptors (Lipinski definition) is 2. The van der Waals surface area contributed by atoms with Crippen LogP contribution in [0, 0.1) is 0 Å². The minimum atomic E-state index is 0.110. The van der Waals surface area contributed by atoms with Gasteiger partial charge in [0.1, 0.15) is 5.82 Å². The Hall–Kier alpha value is -1.13. The maximum Gasteiger partial charge on any atom is 0.110 e. The average Bonchev–Trinajstić information content (AvgIpc) is 2.79. The fourth-order valence-corrected chi connectivity index (χ4v) is 2.31. The van der Waals surface area contributed by atoms with Gasteiger partial charge in [0.05, 0.1) is 0 Å². The highest BCUT2D eigenvalue weighted by atomic mass is 79.9. The van der Waals surface area contributed by atoms with Gasteiger partial charge in [-0.2, -0.15) is 0 Å². The van der Waals surface area contributed by atoms with E-state index in [4.69, 9.17) is 5.73 Å². The molecule has 0 spiro atoms. The smallest absolute Gasteiger partial charge is 0.110 e. The molecular formula is C14H18BrN3. The Kier molecular flexibility index (Phi) is 4.55. The number of imidazole rings is 1. The summed E-state index contributed by atoms with van der Waals surface area (Å²) in [5.41, 5.74) is 7.46. The molecule has 0 amide bonds. The number of hydrogen-bond donors (Lipinski definition) is 1. The fraction of sp³-hybridized carbons (Fsp3) is 0.357. The predicted molar refractivity (Wildman–Crippen MR) is 77.4 cm³/mol. The first kappa shape index (κ1) is 13.3. The predicted octanol–water partition coefficient (Wildman–Crippen LogP) is 2.78. The van der Waals surface area contributed by atoms with Crippen LogP contribution >= 0.6 is 15.9 Å². The molecule has 96 valence electrons. The van der Waals surface area contributed by atoms with Crippen LogP contribution in [0.5, 0.6) is 0 Å². The molecule has 1 aromatic heterocycles. The van der Waals surface area contributed by atoms with E-state index < -0.39 is 0 Å². The van der Waals surface area contributed by atoms with Gasteiger partial charge in [-0.25, -0.2) is 4.98 Å². The normalized spacial score (nSPS) is 12.6. The second-order valence-corrected chi connectivity index (χ2v) is 5.34. The van der Waals surface area contributed by atoms with Crippen molar-refractivity contribution in [2.24, 2.45) is 5.73 Å². The van der Waals surface area contributed by atoms with E-state index in [1.165, 1.54) is 5.56 Å². The van der Waals surface area contributed by atoms with Crippen LogP contribution in [0.25, 0.3) is 0 Å². The van der Waals surface area contributed by atoms with Crippen molar-refractivity contribution in [2.45, 2.75) is 32.4 Å². The number of halogens is 1. The van der Waals surface area contributed by atoms with Crippen LogP contribution in [-0.2, 0) is 19.4 Å². The average molecular weight is 308 g/mol. The topological polar surface area (TPSA) is 43.8 Å². The summed E-state index contributed by atoms with van der Waals surface area (Å²) < 4.78 is 3.24. The number of aryl methyl sites for hydroxylation is 1. The third-order valence-electron chi connectivity index (χ3n) is 3.00. The molecule has 0 aliphatic carbocycles. The molecule has 2 N–H and O–H groups in total. The van der Waals surface area contributed by atoms with Crippen LogP contribution in [0.4, 0.5) is 0 Å². The minimum Gasteiger partial charge on any atom is -0.335 e. The van der Waals surface area contributed by atoms with E-state index >= 15 is 0 Å². The van der Waals surface area contributed by atoms with Gasteiger partial charge in [-0.15, -0.1) is 0 Å². The summed E-state index contributed by atoms with van der Waals surface area (Å²) in [6.45, 7) is 3.06. The molecule has 4 heteroatoms. The monoisotopic (exact) mass is 307 g/mol. The summed E-state index contributed by atoms with van der Waals surface area (Å²) in [7, 11) is 0. The van der Waals surface area contributed by atoms with Gasteiger partial charge in [0.2, 0.25) is 0 Å². The van der Waals surface area contributed by atoms with Crippen molar-refractivity contribution in [3.05, 3.63) is 52.5 Å². The molecule has 0 aliphatic heterocycles. The lowest BCUT2D eigenvalue weighted by Gasteiger charge is -2.12. The van der Waals surface area contributed by atoms with Crippen LogP contribution in [0.1, 0.15) is 18.3 Å². The maximum atomic E-state index is 6.19. The van der Waals surface area contributed by atoms with Gasteiger partial charge >= 0.3 is 0 Å². The van der Waals surface area contributed by atoms with E-state index in [0.29, 0.717) is 0 Å². The Balaban J connectivity index is 1.96. The van der Waals surface area contributed by atoms with Crippen molar-refractivity contribution >= 4 is 15.9 Å². The molecule has 2 aromatic rings. The van der Waals surface area contributed by atoms with Crippen molar-refractivity contribution in [3.63, 3.8) is 0 Å². The zero-order valence-electron chi connectivity index (χ0n) is 10.5. The minimum absolute atomic E-state index is 0.110. The maximum absolute atomic E-state index is 6.19. The molecule has 0 saturated carbocycles. The van der Waals surface area contributed by atoms with Crippen molar-refractivity contribution in [1.82, 2.24) is 9.55 Å². The van der Waals surface area contributed by atoms with E-state index in [9.17, 15) is 0 Å². The first-order valence-corrected chi connectivity index (χ1v) is 6.98. The Morgan fingerprint density at radius 3 is 2.67 bits per heavy atom. The Labute approximate surface area is 116 Å². The highest BCUT2D eigenvalue weighted by molar-refractivity contribution is 9.10. The molecule has 0 radical (unpaired) electrons. The van der Waals surface area contributed by atoms with Crippen molar-refractivity contribution < 1.29 is 0 Å². The Morgan fingerprint density at radius 1 is 1.28 bits per heavy atom. The lowest BCUT2D eigenvalue weighted by Crippen LogP contribution is -2.27. The molecule has 0 bridgehead atoms. The molecule has 3 nitrogen and oxygen atoms in total. The van der Waals surface area contributed by atoms with Gasteiger partial charge in [-0.1, -0.05) is 28.1 Å². The lowest BCUT2D eigenvalue weighted by molar-refractivity contribution is 0.602. The van der Waals surface area contributed by atoms with Gasteiger partial charge in [0.25, 0.3) is 0 Å². The highest BCUT2D eigenvalue weighted by Gasteiger charge is 2.09. The van der Waals surface area contributed by atoms with Crippen molar-refractivity contribution in [3.8, 4) is 0 Å². The molecule has 1 aromatic carbocycles. The summed E-state index contributed by atoms with van der Waals surface area (Å²) in [6.07, 6.45) is 5.54. The molecule has 1 atom stereocenters. The summed E-state index contributed by atoms with van der Waals surface area (Å²) in [6, 6.07) is 8.43. The second-order valence-electron chi connectivity index (χ2n) is 4.42. The lowest BCUT2D eigenvalue weighted by atomic mass is 10.0. The van der Waals surface area contributed by atoms with E-state index in [0.717, 1.165) is 29.7 Å². The van der Waals surface area contributed by atoms with Gasteiger partial charge in [0, 0.05) is 35.9 Å². The first-order chi connectivity index (χ1) is 8.69. The number of nitrogens with zero attached hydrogens (tertiary/aromatic N) is 2. The molecule has 18 heavy (non-hydrogen) atoms. The van der Waals surface area contributed by atoms with E-state index in [2.05, 4.69) is 56.7 Å². The number of benzene rings is 1. The first-order valence-electron chi connectivity index (χ1n) is 6.19. The number of rotatable bonds is 5. The third-order valence-corrected chi connectivity index (χ3v) is 3.53. The molecule has 0 saturated heterocycles. The van der Waals surface area contributed by atoms with E-state index in [-0.39, 0.29) is 6.04 Å². The molecular weight excluding hydrogens is 290 g/mol. The van der Waals surface area contributed by atoms with Gasteiger partial charge < -0.3 is 10.3 Å². The van der Waals surface area contributed by atoms with E-state index in [1.54, 1.807) is 0 Å². The standard InChI is InChI=1S/C14H18BrN3/c1-2-18-8-7-17-14(18)10-13(16)9-11-3-5-12(15)6-4-11/h3-8,13H,2,9-10,16H2,1H3.